The molecule has 11 rings (SSSR count). The topological polar surface area (TPSA) is 61.4 Å². The quantitative estimate of drug-likeness (QED) is 0.192. The molecule has 0 spiro atoms. The molecular formula is C42H24N6S. The van der Waals surface area contributed by atoms with Gasteiger partial charge in [0.25, 0.3) is 0 Å². The molecule has 0 aliphatic carbocycles. The van der Waals surface area contributed by atoms with Crippen LogP contribution in [0.1, 0.15) is 0 Å². The zero-order chi connectivity index (χ0) is 32.1. The van der Waals surface area contributed by atoms with Gasteiger partial charge in [-0.3, -0.25) is 9.13 Å². The lowest BCUT2D eigenvalue weighted by Gasteiger charge is -2.12. The SMILES string of the molecule is c1ccc2c(-c3nc(-n4c5ccccc5c5c4ccc4c6ccccc6n(-c6ccncn6)c45)nc4c3sc3ccccc34)cccc2c1. The van der Waals surface area contributed by atoms with Gasteiger partial charge in [-0.1, -0.05) is 103 Å². The number of aromatic nitrogens is 6. The summed E-state index contributed by atoms with van der Waals surface area (Å²) in [6.45, 7) is 0. The van der Waals surface area contributed by atoms with Crippen LogP contribution < -0.4 is 0 Å². The number of hydrogen-bond acceptors (Lipinski definition) is 5. The number of fused-ring (bicyclic) bond motifs is 11. The van der Waals surface area contributed by atoms with E-state index in [9.17, 15) is 0 Å². The maximum Gasteiger partial charge on any atom is 0.235 e. The highest BCUT2D eigenvalue weighted by molar-refractivity contribution is 7.26. The fraction of sp³-hybridized carbons (Fsp3) is 0. The fourth-order valence-electron chi connectivity index (χ4n) is 7.67. The van der Waals surface area contributed by atoms with Gasteiger partial charge in [-0.05, 0) is 41.1 Å². The summed E-state index contributed by atoms with van der Waals surface area (Å²) in [4.78, 5) is 19.9. The number of benzene rings is 6. The van der Waals surface area contributed by atoms with Gasteiger partial charge in [0.2, 0.25) is 5.95 Å². The standard InChI is InChI=1S/C42H24N6S/c1-2-12-26-25(10-1)11-9-16-28(26)38-41-39(31-15-5-8-19-35(31)49-41)46-42(45-38)47-33-18-7-4-14-30(33)37-34(47)21-20-29-27-13-3-6-17-32(27)48(40(29)37)36-22-23-43-24-44-36/h1-24H. The first-order valence-corrected chi connectivity index (χ1v) is 17.0. The van der Waals surface area contributed by atoms with Crippen LogP contribution in [0.15, 0.2) is 146 Å². The number of nitrogens with zero attached hydrogens (tertiary/aromatic N) is 6. The first kappa shape index (κ1) is 26.6. The molecule has 11 aromatic rings. The third-order valence-electron chi connectivity index (χ3n) is 9.72. The predicted molar refractivity (Wildman–Crippen MR) is 202 cm³/mol. The molecule has 49 heavy (non-hydrogen) atoms. The average Bonchev–Trinajstić information content (AvgIpc) is 3.82. The highest BCUT2D eigenvalue weighted by Gasteiger charge is 2.24. The second-order valence-corrected chi connectivity index (χ2v) is 13.4. The summed E-state index contributed by atoms with van der Waals surface area (Å²) >= 11 is 1.76. The van der Waals surface area contributed by atoms with E-state index in [1.807, 2.05) is 6.07 Å². The van der Waals surface area contributed by atoms with Gasteiger partial charge >= 0.3 is 0 Å². The molecule has 5 heterocycles. The average molecular weight is 645 g/mol. The van der Waals surface area contributed by atoms with E-state index in [1.54, 1.807) is 23.9 Å². The molecule has 0 radical (unpaired) electrons. The molecule has 6 aromatic carbocycles. The van der Waals surface area contributed by atoms with Crippen molar-refractivity contribution >= 4 is 86.0 Å². The molecule has 0 atom stereocenters. The number of rotatable bonds is 3. The van der Waals surface area contributed by atoms with Crippen molar-refractivity contribution in [3.05, 3.63) is 146 Å². The van der Waals surface area contributed by atoms with Crippen LogP contribution >= 0.6 is 11.3 Å². The molecule has 0 N–H and O–H groups in total. The molecule has 0 saturated heterocycles. The Kier molecular flexibility index (Phi) is 5.45. The first-order chi connectivity index (χ1) is 24.3. The summed E-state index contributed by atoms with van der Waals surface area (Å²) < 4.78 is 6.80. The summed E-state index contributed by atoms with van der Waals surface area (Å²) in [6.07, 6.45) is 3.41. The maximum absolute atomic E-state index is 5.50. The number of para-hydroxylation sites is 2. The molecule has 228 valence electrons. The van der Waals surface area contributed by atoms with E-state index in [1.165, 1.54) is 26.2 Å². The minimum Gasteiger partial charge on any atom is -0.293 e. The Morgan fingerprint density at radius 2 is 1.27 bits per heavy atom. The van der Waals surface area contributed by atoms with Gasteiger partial charge in [-0.2, -0.15) is 0 Å². The molecular weight excluding hydrogens is 621 g/mol. The zero-order valence-electron chi connectivity index (χ0n) is 25.9. The summed E-state index contributed by atoms with van der Waals surface area (Å²) in [5.74, 6) is 1.47. The van der Waals surface area contributed by atoms with Gasteiger partial charge in [-0.15, -0.1) is 11.3 Å². The lowest BCUT2D eigenvalue weighted by Crippen LogP contribution is -2.03. The van der Waals surface area contributed by atoms with E-state index in [2.05, 4.69) is 142 Å². The first-order valence-electron chi connectivity index (χ1n) is 16.2. The van der Waals surface area contributed by atoms with Crippen molar-refractivity contribution in [1.29, 1.82) is 0 Å². The Balaban J connectivity index is 1.32. The zero-order valence-corrected chi connectivity index (χ0v) is 26.8. The van der Waals surface area contributed by atoms with Crippen molar-refractivity contribution in [2.75, 3.05) is 0 Å². The Hall–Kier alpha value is -6.44. The second-order valence-electron chi connectivity index (χ2n) is 12.3. The molecule has 0 unspecified atom stereocenters. The van der Waals surface area contributed by atoms with Crippen molar-refractivity contribution in [2.24, 2.45) is 0 Å². The molecule has 0 amide bonds. The van der Waals surface area contributed by atoms with Gasteiger partial charge in [0.1, 0.15) is 12.1 Å². The molecule has 0 fully saturated rings. The van der Waals surface area contributed by atoms with Gasteiger partial charge in [0, 0.05) is 43.4 Å². The highest BCUT2D eigenvalue weighted by atomic mass is 32.1. The van der Waals surface area contributed by atoms with Crippen LogP contribution in [0.3, 0.4) is 0 Å². The molecule has 5 aromatic heterocycles. The van der Waals surface area contributed by atoms with Crippen LogP contribution in [0.5, 0.6) is 0 Å². The lowest BCUT2D eigenvalue weighted by atomic mass is 10.0. The molecule has 7 heteroatoms. The van der Waals surface area contributed by atoms with E-state index in [4.69, 9.17) is 15.0 Å². The molecule has 6 nitrogen and oxygen atoms in total. The molecule has 0 bridgehead atoms. The van der Waals surface area contributed by atoms with Crippen LogP contribution in [-0.2, 0) is 0 Å². The number of hydrogen-bond donors (Lipinski definition) is 0. The third kappa shape index (κ3) is 3.70. The monoisotopic (exact) mass is 644 g/mol. The van der Waals surface area contributed by atoms with E-state index in [0.29, 0.717) is 5.95 Å². The summed E-state index contributed by atoms with van der Waals surface area (Å²) in [7, 11) is 0. The van der Waals surface area contributed by atoms with E-state index >= 15 is 0 Å². The van der Waals surface area contributed by atoms with E-state index in [-0.39, 0.29) is 0 Å². The normalized spacial score (nSPS) is 12.1. The van der Waals surface area contributed by atoms with Gasteiger partial charge in [-0.25, -0.2) is 19.9 Å². The Labute approximate surface area is 283 Å². The molecule has 0 aliphatic rings. The summed E-state index contributed by atoms with van der Waals surface area (Å²) in [5.41, 5.74) is 7.30. The maximum atomic E-state index is 5.50. The van der Waals surface area contributed by atoms with Gasteiger partial charge in [0.15, 0.2) is 0 Å². The minimum atomic E-state index is 0.647. The smallest absolute Gasteiger partial charge is 0.235 e. The second kappa shape index (κ2) is 10.0. The van der Waals surface area contributed by atoms with E-state index < -0.39 is 0 Å². The van der Waals surface area contributed by atoms with Crippen molar-refractivity contribution in [1.82, 2.24) is 29.1 Å². The van der Waals surface area contributed by atoms with Crippen molar-refractivity contribution < 1.29 is 0 Å². The van der Waals surface area contributed by atoms with Gasteiger partial charge < -0.3 is 0 Å². The number of thiophene rings is 1. The molecule has 0 saturated carbocycles. The summed E-state index contributed by atoms with van der Waals surface area (Å²) in [5, 5.41) is 8.11. The third-order valence-corrected chi connectivity index (χ3v) is 10.9. The fourth-order valence-corrected chi connectivity index (χ4v) is 8.82. The minimum absolute atomic E-state index is 0.647. The Morgan fingerprint density at radius 1 is 0.531 bits per heavy atom. The Morgan fingerprint density at radius 3 is 2.12 bits per heavy atom. The van der Waals surface area contributed by atoms with Crippen LogP contribution in [0, 0.1) is 0 Å². The van der Waals surface area contributed by atoms with Gasteiger partial charge in [0.05, 0.1) is 38.0 Å². The van der Waals surface area contributed by atoms with Crippen LogP contribution in [0.4, 0.5) is 0 Å². The largest absolute Gasteiger partial charge is 0.293 e. The van der Waals surface area contributed by atoms with Crippen molar-refractivity contribution in [3.63, 3.8) is 0 Å². The van der Waals surface area contributed by atoms with Crippen molar-refractivity contribution in [2.45, 2.75) is 0 Å². The predicted octanol–water partition coefficient (Wildman–Crippen LogP) is 10.6. The summed E-state index contributed by atoms with van der Waals surface area (Å²) in [6, 6.07) is 47.1. The van der Waals surface area contributed by atoms with Crippen LogP contribution in [0.25, 0.3) is 97.7 Å². The molecule has 0 aliphatic heterocycles. The van der Waals surface area contributed by atoms with Crippen LogP contribution in [0.2, 0.25) is 0 Å². The van der Waals surface area contributed by atoms with E-state index in [0.717, 1.165) is 65.5 Å². The highest BCUT2D eigenvalue weighted by Crippen LogP contribution is 2.44. The lowest BCUT2D eigenvalue weighted by molar-refractivity contribution is 1.02. The Bertz CT molecular complexity index is 3110. The van der Waals surface area contributed by atoms with Crippen LogP contribution in [-0.4, -0.2) is 29.1 Å². The van der Waals surface area contributed by atoms with Crippen molar-refractivity contribution in [3.8, 4) is 23.0 Å².